The minimum Gasteiger partial charge on any atom is -0.383 e. The average molecular weight is 132 g/mol. The van der Waals surface area contributed by atoms with Gasteiger partial charge in [-0.05, 0) is 0 Å². The highest BCUT2D eigenvalue weighted by Crippen LogP contribution is 2.12. The zero-order valence-corrected chi connectivity index (χ0v) is 5.32. The van der Waals surface area contributed by atoms with Gasteiger partial charge in [0.1, 0.15) is 0 Å². The lowest BCUT2D eigenvalue weighted by molar-refractivity contribution is 0.226. The molecule has 0 aliphatic carbocycles. The molecule has 0 aromatic heterocycles. The van der Waals surface area contributed by atoms with Crippen LogP contribution in [0.5, 0.6) is 0 Å². The first kappa shape index (κ1) is 5.47. The van der Waals surface area contributed by atoms with Crippen LogP contribution < -0.4 is 0 Å². The number of benzene rings is 1. The Bertz CT molecular complexity index is 268. The molecule has 1 aromatic rings. The summed E-state index contributed by atoms with van der Waals surface area (Å²) < 4.78 is 0. The smallest absolute Gasteiger partial charge is 0.196 e. The van der Waals surface area contributed by atoms with E-state index in [1.54, 1.807) is 12.8 Å². The van der Waals surface area contributed by atoms with Crippen LogP contribution in [0.2, 0.25) is 0 Å². The molecule has 1 aliphatic rings. The first-order valence-electron chi connectivity index (χ1n) is 3.08. The number of hydrogen-bond acceptors (Lipinski definition) is 2. The predicted molar refractivity (Wildman–Crippen MR) is 38.5 cm³/mol. The quantitative estimate of drug-likeness (QED) is 0.525. The summed E-state index contributed by atoms with van der Waals surface area (Å²) in [6.45, 7) is 1.63. The number of nitrogens with zero attached hydrogens (tertiary/aromatic N) is 1. The van der Waals surface area contributed by atoms with Crippen LogP contribution in [-0.2, 0) is 4.84 Å². The van der Waals surface area contributed by atoms with Crippen LogP contribution in [0.3, 0.4) is 0 Å². The SMILES string of the molecule is [CH]1ON=Cc2ccccc21. The van der Waals surface area contributed by atoms with E-state index in [1.165, 1.54) is 0 Å². The fourth-order valence-electron chi connectivity index (χ4n) is 0.910. The molecule has 0 unspecified atom stereocenters. The Morgan fingerprint density at radius 2 is 1.90 bits per heavy atom. The van der Waals surface area contributed by atoms with Crippen molar-refractivity contribution in [3.8, 4) is 0 Å². The van der Waals surface area contributed by atoms with E-state index in [0.29, 0.717) is 0 Å². The van der Waals surface area contributed by atoms with E-state index in [9.17, 15) is 0 Å². The Balaban J connectivity index is 2.54. The van der Waals surface area contributed by atoms with Crippen molar-refractivity contribution >= 4 is 6.21 Å². The molecule has 0 spiro atoms. The number of hydrogen-bond donors (Lipinski definition) is 0. The molecule has 0 amide bonds. The molecule has 1 aromatic carbocycles. The van der Waals surface area contributed by atoms with Gasteiger partial charge in [-0.2, -0.15) is 0 Å². The van der Waals surface area contributed by atoms with E-state index in [4.69, 9.17) is 4.84 Å². The number of oxime groups is 1. The maximum Gasteiger partial charge on any atom is 0.196 e. The van der Waals surface area contributed by atoms with Crippen LogP contribution in [-0.4, -0.2) is 6.21 Å². The average Bonchev–Trinajstić information content (AvgIpc) is 2.05. The van der Waals surface area contributed by atoms with Gasteiger partial charge in [-0.1, -0.05) is 29.4 Å². The topological polar surface area (TPSA) is 21.6 Å². The maximum absolute atomic E-state index is 4.74. The van der Waals surface area contributed by atoms with Gasteiger partial charge in [0, 0.05) is 11.1 Å². The molecule has 0 saturated carbocycles. The minimum absolute atomic E-state index is 1.08. The molecule has 0 fully saturated rings. The van der Waals surface area contributed by atoms with Crippen LogP contribution in [0.25, 0.3) is 0 Å². The van der Waals surface area contributed by atoms with Crippen LogP contribution in [0.4, 0.5) is 0 Å². The van der Waals surface area contributed by atoms with Crippen LogP contribution in [0.1, 0.15) is 11.1 Å². The fraction of sp³-hybridized carbons (Fsp3) is 0. The Morgan fingerprint density at radius 3 is 2.70 bits per heavy atom. The third-order valence-electron chi connectivity index (χ3n) is 1.43. The van der Waals surface area contributed by atoms with Gasteiger partial charge in [-0.15, -0.1) is 0 Å². The zero-order valence-electron chi connectivity index (χ0n) is 5.32. The molecular weight excluding hydrogens is 126 g/mol. The summed E-state index contributed by atoms with van der Waals surface area (Å²) in [5, 5.41) is 3.64. The summed E-state index contributed by atoms with van der Waals surface area (Å²) in [6, 6.07) is 7.93. The molecule has 1 heterocycles. The number of fused-ring (bicyclic) bond motifs is 1. The van der Waals surface area contributed by atoms with E-state index in [0.717, 1.165) is 11.1 Å². The van der Waals surface area contributed by atoms with Gasteiger partial charge >= 0.3 is 0 Å². The summed E-state index contributed by atoms with van der Waals surface area (Å²) in [4.78, 5) is 4.74. The molecular formula is C8H6NO. The van der Waals surface area contributed by atoms with Crippen molar-refractivity contribution in [1.82, 2.24) is 0 Å². The van der Waals surface area contributed by atoms with E-state index in [-0.39, 0.29) is 0 Å². The second kappa shape index (κ2) is 2.14. The van der Waals surface area contributed by atoms with Crippen molar-refractivity contribution in [3.05, 3.63) is 42.0 Å². The van der Waals surface area contributed by atoms with Crippen molar-refractivity contribution < 1.29 is 4.84 Å². The summed E-state index contributed by atoms with van der Waals surface area (Å²) in [6.07, 6.45) is 1.70. The highest BCUT2D eigenvalue weighted by Gasteiger charge is 2.03. The predicted octanol–water partition coefficient (Wildman–Crippen LogP) is 1.56. The summed E-state index contributed by atoms with van der Waals surface area (Å²) >= 11 is 0. The summed E-state index contributed by atoms with van der Waals surface area (Å²) in [5.41, 5.74) is 2.19. The van der Waals surface area contributed by atoms with E-state index in [2.05, 4.69) is 5.16 Å². The van der Waals surface area contributed by atoms with Crippen LogP contribution in [0.15, 0.2) is 29.4 Å². The standard InChI is InChI=1S/C8H6NO/c1-2-4-8-6-10-9-5-7(8)3-1/h1-6H. The summed E-state index contributed by atoms with van der Waals surface area (Å²) in [5.74, 6) is 0. The van der Waals surface area contributed by atoms with E-state index < -0.39 is 0 Å². The van der Waals surface area contributed by atoms with Crippen LogP contribution >= 0.6 is 0 Å². The molecule has 1 aliphatic heterocycles. The molecule has 2 heteroatoms. The monoisotopic (exact) mass is 132 g/mol. The second-order valence-electron chi connectivity index (χ2n) is 2.09. The van der Waals surface area contributed by atoms with Crippen molar-refractivity contribution in [2.45, 2.75) is 0 Å². The van der Waals surface area contributed by atoms with Gasteiger partial charge in [0.25, 0.3) is 0 Å². The third kappa shape index (κ3) is 0.778. The second-order valence-corrected chi connectivity index (χ2v) is 2.09. The Labute approximate surface area is 59.1 Å². The third-order valence-corrected chi connectivity index (χ3v) is 1.43. The molecule has 10 heavy (non-hydrogen) atoms. The fourth-order valence-corrected chi connectivity index (χ4v) is 0.910. The van der Waals surface area contributed by atoms with Crippen molar-refractivity contribution in [1.29, 1.82) is 0 Å². The molecule has 0 bridgehead atoms. The molecule has 0 saturated heterocycles. The lowest BCUT2D eigenvalue weighted by Gasteiger charge is -2.06. The first-order chi connectivity index (χ1) is 4.97. The van der Waals surface area contributed by atoms with Crippen molar-refractivity contribution in [3.63, 3.8) is 0 Å². The van der Waals surface area contributed by atoms with Gasteiger partial charge in [-0.3, -0.25) is 0 Å². The highest BCUT2D eigenvalue weighted by atomic mass is 16.6. The summed E-state index contributed by atoms with van der Waals surface area (Å²) in [7, 11) is 0. The molecule has 49 valence electrons. The van der Waals surface area contributed by atoms with Crippen LogP contribution in [0, 0.1) is 6.61 Å². The normalized spacial score (nSPS) is 14.0. The first-order valence-corrected chi connectivity index (χ1v) is 3.08. The lowest BCUT2D eigenvalue weighted by Crippen LogP contribution is -1.97. The van der Waals surface area contributed by atoms with E-state index >= 15 is 0 Å². The van der Waals surface area contributed by atoms with Gasteiger partial charge < -0.3 is 4.84 Å². The van der Waals surface area contributed by atoms with Crippen molar-refractivity contribution in [2.24, 2.45) is 5.16 Å². The van der Waals surface area contributed by atoms with Crippen molar-refractivity contribution in [2.75, 3.05) is 0 Å². The number of rotatable bonds is 0. The largest absolute Gasteiger partial charge is 0.383 e. The van der Waals surface area contributed by atoms with Gasteiger partial charge in [-0.25, -0.2) is 0 Å². The van der Waals surface area contributed by atoms with Gasteiger partial charge in [0.2, 0.25) is 0 Å². The molecule has 2 nitrogen and oxygen atoms in total. The molecule has 1 radical (unpaired) electrons. The van der Waals surface area contributed by atoms with Gasteiger partial charge in [0.15, 0.2) is 6.61 Å². The Hall–Kier alpha value is -1.31. The highest BCUT2D eigenvalue weighted by molar-refractivity contribution is 5.82. The zero-order chi connectivity index (χ0) is 6.81. The minimum atomic E-state index is 1.08. The van der Waals surface area contributed by atoms with E-state index in [1.807, 2.05) is 24.3 Å². The maximum atomic E-state index is 4.74. The molecule has 2 rings (SSSR count). The Kier molecular flexibility index (Phi) is 1.17. The van der Waals surface area contributed by atoms with Gasteiger partial charge in [0.05, 0.1) is 6.21 Å². The molecule has 0 atom stereocenters. The Morgan fingerprint density at radius 1 is 1.10 bits per heavy atom. The molecule has 0 N–H and O–H groups in total. The lowest BCUT2D eigenvalue weighted by atomic mass is 10.1.